The number of hydrogen-bond donors (Lipinski definition) is 1. The zero-order valence-corrected chi connectivity index (χ0v) is 13.5. The molecule has 1 N–H and O–H groups in total. The lowest BCUT2D eigenvalue weighted by Gasteiger charge is -2.23. The SMILES string of the molecule is C=CCc1cc(C(=O)NC2CCCCC2)cc(OC)c1OC. The molecule has 1 fully saturated rings. The Morgan fingerprint density at radius 2 is 2.00 bits per heavy atom. The largest absolute Gasteiger partial charge is 0.493 e. The van der Waals surface area contributed by atoms with Crippen molar-refractivity contribution < 1.29 is 14.3 Å². The van der Waals surface area contributed by atoms with E-state index in [1.807, 2.05) is 6.07 Å². The Morgan fingerprint density at radius 3 is 2.59 bits per heavy atom. The van der Waals surface area contributed by atoms with E-state index in [-0.39, 0.29) is 11.9 Å². The van der Waals surface area contributed by atoms with Crippen LogP contribution in [0.5, 0.6) is 11.5 Å². The number of rotatable bonds is 6. The Hall–Kier alpha value is -1.97. The Morgan fingerprint density at radius 1 is 1.27 bits per heavy atom. The normalized spacial score (nSPS) is 15.2. The van der Waals surface area contributed by atoms with Gasteiger partial charge in [-0.25, -0.2) is 0 Å². The van der Waals surface area contributed by atoms with Crippen LogP contribution in [0.15, 0.2) is 24.8 Å². The van der Waals surface area contributed by atoms with Gasteiger partial charge in [-0.3, -0.25) is 4.79 Å². The molecule has 0 aromatic heterocycles. The van der Waals surface area contributed by atoms with E-state index in [0.717, 1.165) is 18.4 Å². The highest BCUT2D eigenvalue weighted by Gasteiger charge is 2.19. The molecule has 1 saturated carbocycles. The number of allylic oxidation sites excluding steroid dienone is 1. The molecule has 0 heterocycles. The van der Waals surface area contributed by atoms with Gasteiger partial charge in [0, 0.05) is 17.2 Å². The summed E-state index contributed by atoms with van der Waals surface area (Å²) in [6.07, 6.45) is 8.21. The van der Waals surface area contributed by atoms with Gasteiger partial charge in [-0.1, -0.05) is 25.3 Å². The summed E-state index contributed by atoms with van der Waals surface area (Å²) in [5.74, 6) is 1.20. The zero-order chi connectivity index (χ0) is 15.9. The minimum Gasteiger partial charge on any atom is -0.493 e. The Bertz CT molecular complexity index is 533. The highest BCUT2D eigenvalue weighted by Crippen LogP contribution is 2.33. The molecule has 0 unspecified atom stereocenters. The molecule has 1 aliphatic carbocycles. The molecule has 2 rings (SSSR count). The third-order valence-electron chi connectivity index (χ3n) is 4.12. The van der Waals surface area contributed by atoms with Crippen molar-refractivity contribution >= 4 is 5.91 Å². The number of carbonyl (C=O) groups is 1. The van der Waals surface area contributed by atoms with Crippen molar-refractivity contribution in [3.63, 3.8) is 0 Å². The highest BCUT2D eigenvalue weighted by atomic mass is 16.5. The van der Waals surface area contributed by atoms with Crippen LogP contribution in [-0.2, 0) is 6.42 Å². The number of hydrogen-bond acceptors (Lipinski definition) is 3. The quantitative estimate of drug-likeness (QED) is 0.818. The third-order valence-corrected chi connectivity index (χ3v) is 4.12. The minimum absolute atomic E-state index is 0.0434. The summed E-state index contributed by atoms with van der Waals surface area (Å²) < 4.78 is 10.8. The standard InChI is InChI=1S/C18H25NO3/c1-4-8-13-11-14(12-16(21-2)17(13)22-3)18(20)19-15-9-6-5-7-10-15/h4,11-12,15H,1,5-10H2,2-3H3,(H,19,20). The Labute approximate surface area is 132 Å². The van der Waals surface area contributed by atoms with Crippen molar-refractivity contribution in [2.45, 2.75) is 44.6 Å². The molecule has 0 saturated heterocycles. The van der Waals surface area contributed by atoms with Gasteiger partial charge in [0.2, 0.25) is 0 Å². The summed E-state index contributed by atoms with van der Waals surface area (Å²) >= 11 is 0. The van der Waals surface area contributed by atoms with E-state index in [0.29, 0.717) is 23.5 Å². The summed E-state index contributed by atoms with van der Waals surface area (Å²) in [5, 5.41) is 3.13. The molecule has 22 heavy (non-hydrogen) atoms. The molecule has 1 aromatic rings. The Balaban J connectivity index is 2.23. The van der Waals surface area contributed by atoms with Crippen LogP contribution >= 0.6 is 0 Å². The fraction of sp³-hybridized carbons (Fsp3) is 0.500. The summed E-state index contributed by atoms with van der Waals surface area (Å²) in [4.78, 5) is 12.5. The first-order valence-electron chi connectivity index (χ1n) is 7.86. The molecule has 0 aliphatic heterocycles. The van der Waals surface area contributed by atoms with Gasteiger partial charge in [0.25, 0.3) is 5.91 Å². The zero-order valence-electron chi connectivity index (χ0n) is 13.5. The van der Waals surface area contributed by atoms with Crippen LogP contribution in [0.3, 0.4) is 0 Å². The van der Waals surface area contributed by atoms with Gasteiger partial charge in [-0.2, -0.15) is 0 Å². The average Bonchev–Trinajstić information content (AvgIpc) is 2.55. The van der Waals surface area contributed by atoms with Crippen LogP contribution < -0.4 is 14.8 Å². The predicted octanol–water partition coefficient (Wildman–Crippen LogP) is 3.49. The van der Waals surface area contributed by atoms with Gasteiger partial charge in [-0.15, -0.1) is 6.58 Å². The topological polar surface area (TPSA) is 47.6 Å². The van der Waals surface area contributed by atoms with Crippen LogP contribution in [0.1, 0.15) is 48.0 Å². The van der Waals surface area contributed by atoms with Crippen LogP contribution in [0.4, 0.5) is 0 Å². The number of amides is 1. The van der Waals surface area contributed by atoms with Crippen molar-refractivity contribution in [1.82, 2.24) is 5.32 Å². The molecule has 1 aliphatic rings. The molecule has 0 radical (unpaired) electrons. The van der Waals surface area contributed by atoms with E-state index >= 15 is 0 Å². The highest BCUT2D eigenvalue weighted by molar-refractivity contribution is 5.95. The molecule has 4 nitrogen and oxygen atoms in total. The van der Waals surface area contributed by atoms with E-state index in [9.17, 15) is 4.79 Å². The first kappa shape index (κ1) is 16.4. The summed E-state index contributed by atoms with van der Waals surface area (Å²) in [7, 11) is 3.19. The number of ether oxygens (including phenoxy) is 2. The third kappa shape index (κ3) is 3.81. The van der Waals surface area contributed by atoms with Crippen molar-refractivity contribution in [2.75, 3.05) is 14.2 Å². The molecule has 120 valence electrons. The van der Waals surface area contributed by atoms with Gasteiger partial charge in [0.05, 0.1) is 14.2 Å². The maximum absolute atomic E-state index is 12.5. The monoisotopic (exact) mass is 303 g/mol. The van der Waals surface area contributed by atoms with Gasteiger partial charge >= 0.3 is 0 Å². The van der Waals surface area contributed by atoms with Crippen LogP contribution in [0.2, 0.25) is 0 Å². The first-order chi connectivity index (χ1) is 10.7. The fourth-order valence-corrected chi connectivity index (χ4v) is 3.00. The van der Waals surface area contributed by atoms with Crippen molar-refractivity contribution in [1.29, 1.82) is 0 Å². The molecule has 0 atom stereocenters. The van der Waals surface area contributed by atoms with Gasteiger partial charge < -0.3 is 14.8 Å². The second-order valence-corrected chi connectivity index (χ2v) is 5.67. The molecule has 1 aromatic carbocycles. The van der Waals surface area contributed by atoms with Crippen LogP contribution in [-0.4, -0.2) is 26.2 Å². The van der Waals surface area contributed by atoms with Crippen LogP contribution in [0, 0.1) is 0 Å². The van der Waals surface area contributed by atoms with Gasteiger partial charge in [0.1, 0.15) is 0 Å². The van der Waals surface area contributed by atoms with E-state index in [1.165, 1.54) is 19.3 Å². The van der Waals surface area contributed by atoms with Crippen molar-refractivity contribution in [2.24, 2.45) is 0 Å². The van der Waals surface area contributed by atoms with E-state index in [4.69, 9.17) is 9.47 Å². The van der Waals surface area contributed by atoms with Gasteiger partial charge in [0.15, 0.2) is 11.5 Å². The smallest absolute Gasteiger partial charge is 0.251 e. The second-order valence-electron chi connectivity index (χ2n) is 5.67. The lowest BCUT2D eigenvalue weighted by atomic mass is 9.95. The van der Waals surface area contributed by atoms with Gasteiger partial charge in [-0.05, 0) is 31.4 Å². The fourth-order valence-electron chi connectivity index (χ4n) is 3.00. The molecule has 1 amide bonds. The lowest BCUT2D eigenvalue weighted by molar-refractivity contribution is 0.0927. The number of carbonyl (C=O) groups excluding carboxylic acids is 1. The Kier molecular flexibility index (Phi) is 5.87. The van der Waals surface area contributed by atoms with Crippen molar-refractivity contribution in [3.05, 3.63) is 35.9 Å². The number of methoxy groups -OCH3 is 2. The van der Waals surface area contributed by atoms with Crippen LogP contribution in [0.25, 0.3) is 0 Å². The predicted molar refractivity (Wildman–Crippen MR) is 87.8 cm³/mol. The first-order valence-corrected chi connectivity index (χ1v) is 7.86. The molecule has 4 heteroatoms. The van der Waals surface area contributed by atoms with E-state index in [2.05, 4.69) is 11.9 Å². The van der Waals surface area contributed by atoms with E-state index in [1.54, 1.807) is 26.4 Å². The summed E-state index contributed by atoms with van der Waals surface area (Å²) in [6, 6.07) is 3.89. The van der Waals surface area contributed by atoms with E-state index < -0.39 is 0 Å². The molecule has 0 spiro atoms. The molecule has 0 bridgehead atoms. The summed E-state index contributed by atoms with van der Waals surface area (Å²) in [5.41, 5.74) is 1.52. The number of nitrogens with one attached hydrogen (secondary N) is 1. The lowest BCUT2D eigenvalue weighted by Crippen LogP contribution is -2.36. The maximum Gasteiger partial charge on any atom is 0.251 e. The summed E-state index contributed by atoms with van der Waals surface area (Å²) in [6.45, 7) is 3.76. The average molecular weight is 303 g/mol. The molecular weight excluding hydrogens is 278 g/mol. The maximum atomic E-state index is 12.5. The second kappa shape index (κ2) is 7.87. The minimum atomic E-state index is -0.0434. The molecular formula is C18H25NO3. The van der Waals surface area contributed by atoms with Crippen molar-refractivity contribution in [3.8, 4) is 11.5 Å². The number of benzene rings is 1.